The number of hydrogen-bond donors (Lipinski definition) is 0. The minimum absolute atomic E-state index is 0.0228. The van der Waals surface area contributed by atoms with Gasteiger partial charge >= 0.3 is 0 Å². The molecule has 0 spiro atoms. The number of halogens is 2. The standard InChI is InChI=1S/C22H10I2N2/c23-17-8-6-14-20-12-4-2-1-3-11(12)19(21(14)15(17)9-25)13-5-7-18(24)16(10-26)22(13)20/h1-8,19-20H. The molecular formula is C22H10I2N2. The molecule has 0 aromatic heterocycles. The lowest BCUT2D eigenvalue weighted by atomic mass is 9.59. The fourth-order valence-electron chi connectivity index (χ4n) is 4.56. The van der Waals surface area contributed by atoms with Gasteiger partial charge in [-0.25, -0.2) is 0 Å². The van der Waals surface area contributed by atoms with Gasteiger partial charge in [-0.3, -0.25) is 0 Å². The van der Waals surface area contributed by atoms with Crippen molar-refractivity contribution >= 4 is 45.2 Å². The highest BCUT2D eigenvalue weighted by Crippen LogP contribution is 2.57. The molecule has 0 heterocycles. The predicted molar refractivity (Wildman–Crippen MR) is 116 cm³/mol. The van der Waals surface area contributed by atoms with Gasteiger partial charge in [-0.1, -0.05) is 36.4 Å². The summed E-state index contributed by atoms with van der Waals surface area (Å²) in [4.78, 5) is 0. The lowest BCUT2D eigenvalue weighted by Crippen LogP contribution is -2.29. The van der Waals surface area contributed by atoms with Crippen LogP contribution in [-0.2, 0) is 0 Å². The molecule has 3 aliphatic carbocycles. The van der Waals surface area contributed by atoms with E-state index in [4.69, 9.17) is 0 Å². The van der Waals surface area contributed by atoms with Crippen LogP contribution in [0.15, 0.2) is 48.5 Å². The van der Waals surface area contributed by atoms with Gasteiger partial charge in [-0.05, 0) is 90.7 Å². The van der Waals surface area contributed by atoms with Crippen molar-refractivity contribution in [2.45, 2.75) is 11.8 Å². The van der Waals surface area contributed by atoms with E-state index in [-0.39, 0.29) is 11.8 Å². The van der Waals surface area contributed by atoms with Crippen LogP contribution in [0.2, 0.25) is 0 Å². The maximum Gasteiger partial charge on any atom is 0.101 e. The van der Waals surface area contributed by atoms with E-state index in [1.165, 1.54) is 22.3 Å². The maximum atomic E-state index is 9.84. The second-order valence-corrected chi connectivity index (χ2v) is 8.89. The molecule has 3 aromatic rings. The highest BCUT2D eigenvalue weighted by Gasteiger charge is 2.44. The van der Waals surface area contributed by atoms with Crippen molar-refractivity contribution in [3.63, 3.8) is 0 Å². The second-order valence-electron chi connectivity index (χ2n) is 6.57. The van der Waals surface area contributed by atoms with E-state index in [0.29, 0.717) is 0 Å². The molecule has 3 aromatic carbocycles. The van der Waals surface area contributed by atoms with Crippen LogP contribution in [0.5, 0.6) is 0 Å². The molecule has 0 saturated heterocycles. The van der Waals surface area contributed by atoms with E-state index in [2.05, 4.69) is 93.7 Å². The predicted octanol–water partition coefficient (Wildman–Crippen LogP) is 5.63. The molecule has 2 unspecified atom stereocenters. The molecule has 0 aliphatic heterocycles. The highest BCUT2D eigenvalue weighted by atomic mass is 127. The molecule has 0 radical (unpaired) electrons. The van der Waals surface area contributed by atoms with E-state index in [1.807, 2.05) is 12.1 Å². The Morgan fingerprint density at radius 2 is 1.04 bits per heavy atom. The van der Waals surface area contributed by atoms with Gasteiger partial charge < -0.3 is 0 Å². The van der Waals surface area contributed by atoms with Crippen LogP contribution < -0.4 is 0 Å². The van der Waals surface area contributed by atoms with E-state index in [9.17, 15) is 10.5 Å². The van der Waals surface area contributed by atoms with Crippen LogP contribution >= 0.6 is 45.2 Å². The van der Waals surface area contributed by atoms with Crippen LogP contribution in [0, 0.1) is 29.8 Å². The van der Waals surface area contributed by atoms with Crippen LogP contribution in [0.4, 0.5) is 0 Å². The van der Waals surface area contributed by atoms with Gasteiger partial charge in [0, 0.05) is 19.0 Å². The monoisotopic (exact) mass is 556 g/mol. The molecular weight excluding hydrogens is 546 g/mol. The molecule has 26 heavy (non-hydrogen) atoms. The summed E-state index contributed by atoms with van der Waals surface area (Å²) in [7, 11) is 0. The average Bonchev–Trinajstić information content (AvgIpc) is 2.67. The Labute approximate surface area is 178 Å². The van der Waals surface area contributed by atoms with Gasteiger partial charge in [0.15, 0.2) is 0 Å². The fourth-order valence-corrected chi connectivity index (χ4v) is 5.75. The number of benzene rings is 3. The Balaban J connectivity index is 1.97. The first-order valence-electron chi connectivity index (χ1n) is 8.21. The minimum atomic E-state index is 0.0228. The normalized spacial score (nSPS) is 18.3. The average molecular weight is 556 g/mol. The van der Waals surface area contributed by atoms with Crippen molar-refractivity contribution in [2.75, 3.05) is 0 Å². The topological polar surface area (TPSA) is 47.6 Å². The molecule has 0 N–H and O–H groups in total. The van der Waals surface area contributed by atoms with Gasteiger partial charge in [-0.2, -0.15) is 10.5 Å². The number of nitrogens with zero attached hydrogens (tertiary/aromatic N) is 2. The zero-order chi connectivity index (χ0) is 18.0. The van der Waals surface area contributed by atoms with Crippen molar-refractivity contribution in [3.05, 3.63) is 100 Å². The van der Waals surface area contributed by atoms with Gasteiger partial charge in [0.2, 0.25) is 0 Å². The first-order valence-corrected chi connectivity index (χ1v) is 10.4. The first kappa shape index (κ1) is 16.3. The summed E-state index contributed by atoms with van der Waals surface area (Å²) in [5.41, 5.74) is 8.68. The molecule has 0 fully saturated rings. The van der Waals surface area contributed by atoms with Crippen LogP contribution in [0.3, 0.4) is 0 Å². The Kier molecular flexibility index (Phi) is 3.63. The molecule has 122 valence electrons. The van der Waals surface area contributed by atoms with Crippen molar-refractivity contribution in [2.24, 2.45) is 0 Å². The zero-order valence-electron chi connectivity index (χ0n) is 13.4. The first-order chi connectivity index (χ1) is 12.7. The smallest absolute Gasteiger partial charge is 0.101 e. The van der Waals surface area contributed by atoms with Crippen LogP contribution in [-0.4, -0.2) is 0 Å². The van der Waals surface area contributed by atoms with Gasteiger partial charge in [-0.15, -0.1) is 0 Å². The van der Waals surface area contributed by atoms with Gasteiger partial charge in [0.25, 0.3) is 0 Å². The van der Waals surface area contributed by atoms with Gasteiger partial charge in [0.05, 0.1) is 11.1 Å². The van der Waals surface area contributed by atoms with Crippen molar-refractivity contribution in [1.82, 2.24) is 0 Å². The third-order valence-electron chi connectivity index (χ3n) is 5.50. The van der Waals surface area contributed by atoms with Gasteiger partial charge in [0.1, 0.15) is 12.1 Å². The summed E-state index contributed by atoms with van der Waals surface area (Å²) >= 11 is 4.50. The Hall–Kier alpha value is -1.90. The Morgan fingerprint density at radius 3 is 1.42 bits per heavy atom. The number of rotatable bonds is 0. The summed E-state index contributed by atoms with van der Waals surface area (Å²) in [6.45, 7) is 0. The summed E-state index contributed by atoms with van der Waals surface area (Å²) < 4.78 is 1.97. The summed E-state index contributed by atoms with van der Waals surface area (Å²) in [5.74, 6) is 0.0457. The third-order valence-corrected chi connectivity index (χ3v) is 7.30. The van der Waals surface area contributed by atoms with E-state index >= 15 is 0 Å². The largest absolute Gasteiger partial charge is 0.192 e. The molecule has 6 rings (SSSR count). The van der Waals surface area contributed by atoms with Crippen molar-refractivity contribution < 1.29 is 0 Å². The Morgan fingerprint density at radius 1 is 0.615 bits per heavy atom. The SMILES string of the molecule is N#Cc1c(I)ccc2c1C1c3ccccc3C2c2c1ccc(I)c2C#N. The molecule has 3 aliphatic rings. The Bertz CT molecular complexity index is 1100. The minimum Gasteiger partial charge on any atom is -0.192 e. The summed E-state index contributed by atoms with van der Waals surface area (Å²) in [6, 6.07) is 21.7. The molecule has 0 saturated carbocycles. The molecule has 2 atom stereocenters. The number of hydrogen-bond acceptors (Lipinski definition) is 2. The van der Waals surface area contributed by atoms with Crippen LogP contribution in [0.25, 0.3) is 0 Å². The van der Waals surface area contributed by atoms with Crippen molar-refractivity contribution in [1.29, 1.82) is 10.5 Å². The second kappa shape index (κ2) is 5.80. The lowest BCUT2D eigenvalue weighted by Gasteiger charge is -2.43. The van der Waals surface area contributed by atoms with E-state index in [0.717, 1.165) is 29.4 Å². The fraction of sp³-hybridized carbons (Fsp3) is 0.0909. The third kappa shape index (κ3) is 1.95. The summed E-state index contributed by atoms with van der Waals surface area (Å²) in [6.07, 6.45) is 0. The molecule has 0 amide bonds. The molecule has 2 bridgehead atoms. The van der Waals surface area contributed by atoms with E-state index in [1.54, 1.807) is 0 Å². The summed E-state index contributed by atoms with van der Waals surface area (Å²) in [5, 5.41) is 19.7. The zero-order valence-corrected chi connectivity index (χ0v) is 17.7. The van der Waals surface area contributed by atoms with Crippen LogP contribution in [0.1, 0.15) is 56.3 Å². The van der Waals surface area contributed by atoms with E-state index < -0.39 is 0 Å². The molecule has 2 nitrogen and oxygen atoms in total. The molecule has 4 heteroatoms. The maximum absolute atomic E-state index is 9.84. The van der Waals surface area contributed by atoms with Crippen molar-refractivity contribution in [3.8, 4) is 12.1 Å². The highest BCUT2D eigenvalue weighted by molar-refractivity contribution is 14.1. The lowest BCUT2D eigenvalue weighted by molar-refractivity contribution is 0.747. The quantitative estimate of drug-likeness (QED) is 0.233. The number of nitriles is 2.